The van der Waals surface area contributed by atoms with Crippen LogP contribution in [-0.4, -0.2) is 42.1 Å². The number of anilines is 2. The molecule has 0 atom stereocenters. The molecule has 15 heavy (non-hydrogen) atoms. The van der Waals surface area contributed by atoms with E-state index in [1.165, 1.54) is 0 Å². The number of rotatable bonds is 4. The number of aromatic nitrogens is 2. The fourth-order valence-corrected chi connectivity index (χ4v) is 1.22. The van der Waals surface area contributed by atoms with Crippen molar-refractivity contribution >= 4 is 11.8 Å². The molecule has 0 aliphatic carbocycles. The van der Waals surface area contributed by atoms with Gasteiger partial charge >= 0.3 is 0 Å². The number of nitrogens with zero attached hydrogens (tertiary/aromatic N) is 3. The molecule has 0 aliphatic rings. The van der Waals surface area contributed by atoms with Crippen LogP contribution in [0, 0.1) is 13.8 Å². The van der Waals surface area contributed by atoms with Gasteiger partial charge in [0.1, 0.15) is 5.82 Å². The van der Waals surface area contributed by atoms with Crippen LogP contribution in [0.1, 0.15) is 11.3 Å². The fraction of sp³-hybridized carbons (Fsp3) is 0.600. The highest BCUT2D eigenvalue weighted by Crippen LogP contribution is 2.14. The summed E-state index contributed by atoms with van der Waals surface area (Å²) >= 11 is 0. The molecule has 1 heterocycles. The van der Waals surface area contributed by atoms with Gasteiger partial charge in [0.15, 0.2) is 0 Å². The standard InChI is InChI=1S/C10H19N5/c1-7-8(2)13-10(11)14-9(7)12-5-6-15(3)4/h5-6H2,1-4H3,(H3,11,12,13,14). The molecule has 3 N–H and O–H groups in total. The summed E-state index contributed by atoms with van der Waals surface area (Å²) in [6.45, 7) is 5.74. The molecule has 0 aliphatic heterocycles. The Morgan fingerprint density at radius 3 is 2.53 bits per heavy atom. The minimum atomic E-state index is 0.324. The zero-order valence-electron chi connectivity index (χ0n) is 9.83. The molecular weight excluding hydrogens is 190 g/mol. The van der Waals surface area contributed by atoms with E-state index in [4.69, 9.17) is 5.73 Å². The lowest BCUT2D eigenvalue weighted by Gasteiger charge is -2.13. The quantitative estimate of drug-likeness (QED) is 0.762. The number of likely N-dealkylation sites (N-methyl/N-ethyl adjacent to an activating group) is 1. The van der Waals surface area contributed by atoms with Crippen molar-refractivity contribution in [1.29, 1.82) is 0 Å². The maximum absolute atomic E-state index is 5.59. The first-order chi connectivity index (χ1) is 7.00. The van der Waals surface area contributed by atoms with Crippen LogP contribution in [0.3, 0.4) is 0 Å². The topological polar surface area (TPSA) is 67.1 Å². The van der Waals surface area contributed by atoms with Crippen LogP contribution in [0.15, 0.2) is 0 Å². The Balaban J connectivity index is 2.68. The van der Waals surface area contributed by atoms with Crippen LogP contribution >= 0.6 is 0 Å². The van der Waals surface area contributed by atoms with E-state index in [1.54, 1.807) is 0 Å². The predicted molar refractivity (Wildman–Crippen MR) is 63.0 cm³/mol. The molecule has 5 nitrogen and oxygen atoms in total. The molecule has 0 saturated carbocycles. The van der Waals surface area contributed by atoms with E-state index in [0.717, 1.165) is 30.2 Å². The minimum Gasteiger partial charge on any atom is -0.368 e. The Hall–Kier alpha value is -1.36. The average Bonchev–Trinajstić information content (AvgIpc) is 2.12. The van der Waals surface area contributed by atoms with Gasteiger partial charge in [0, 0.05) is 24.3 Å². The summed E-state index contributed by atoms with van der Waals surface area (Å²) in [5.41, 5.74) is 7.57. The first kappa shape index (κ1) is 11.7. The van der Waals surface area contributed by atoms with Crippen LogP contribution < -0.4 is 11.1 Å². The number of hydrogen-bond acceptors (Lipinski definition) is 5. The molecule has 0 amide bonds. The number of hydrogen-bond donors (Lipinski definition) is 2. The van der Waals surface area contributed by atoms with Gasteiger partial charge in [-0.05, 0) is 27.9 Å². The molecule has 0 aromatic carbocycles. The first-order valence-electron chi connectivity index (χ1n) is 5.00. The SMILES string of the molecule is Cc1nc(N)nc(NCCN(C)C)c1C. The summed E-state index contributed by atoms with van der Waals surface area (Å²) in [4.78, 5) is 10.4. The number of nitrogens with one attached hydrogen (secondary N) is 1. The highest BCUT2D eigenvalue weighted by molar-refractivity contribution is 5.48. The summed E-state index contributed by atoms with van der Waals surface area (Å²) in [6.07, 6.45) is 0. The van der Waals surface area contributed by atoms with Crippen LogP contribution in [0.4, 0.5) is 11.8 Å². The van der Waals surface area contributed by atoms with Crippen molar-refractivity contribution < 1.29 is 0 Å². The van der Waals surface area contributed by atoms with Gasteiger partial charge in [0.25, 0.3) is 0 Å². The lowest BCUT2D eigenvalue weighted by atomic mass is 10.2. The zero-order valence-corrected chi connectivity index (χ0v) is 9.83. The Kier molecular flexibility index (Phi) is 3.85. The highest BCUT2D eigenvalue weighted by atomic mass is 15.1. The summed E-state index contributed by atoms with van der Waals surface area (Å²) in [7, 11) is 4.07. The molecule has 1 aromatic heterocycles. The summed E-state index contributed by atoms with van der Waals surface area (Å²) < 4.78 is 0. The normalized spacial score (nSPS) is 10.7. The van der Waals surface area contributed by atoms with Crippen molar-refractivity contribution in [2.24, 2.45) is 0 Å². The summed E-state index contributed by atoms with van der Waals surface area (Å²) in [5.74, 6) is 1.16. The fourth-order valence-electron chi connectivity index (χ4n) is 1.22. The Bertz CT molecular complexity index is 335. The third-order valence-corrected chi connectivity index (χ3v) is 2.26. The van der Waals surface area contributed by atoms with Gasteiger partial charge in [-0.15, -0.1) is 0 Å². The molecular formula is C10H19N5. The van der Waals surface area contributed by atoms with Crippen LogP contribution in [0.25, 0.3) is 0 Å². The van der Waals surface area contributed by atoms with Gasteiger partial charge in [-0.2, -0.15) is 4.98 Å². The lowest BCUT2D eigenvalue weighted by molar-refractivity contribution is 0.425. The van der Waals surface area contributed by atoms with Gasteiger partial charge < -0.3 is 16.0 Å². The second-order valence-corrected chi connectivity index (χ2v) is 3.87. The zero-order chi connectivity index (χ0) is 11.4. The maximum atomic E-state index is 5.59. The van der Waals surface area contributed by atoms with E-state index >= 15 is 0 Å². The smallest absolute Gasteiger partial charge is 0.222 e. The number of nitrogens with two attached hydrogens (primary N) is 1. The van der Waals surface area contributed by atoms with Gasteiger partial charge in [0.2, 0.25) is 5.95 Å². The first-order valence-corrected chi connectivity index (χ1v) is 5.00. The predicted octanol–water partition coefficient (Wildman–Crippen LogP) is 0.649. The molecule has 0 bridgehead atoms. The van der Waals surface area contributed by atoms with E-state index in [-0.39, 0.29) is 0 Å². The summed E-state index contributed by atoms with van der Waals surface area (Å²) in [6, 6.07) is 0. The molecule has 1 rings (SSSR count). The van der Waals surface area contributed by atoms with E-state index in [0.29, 0.717) is 5.95 Å². The maximum Gasteiger partial charge on any atom is 0.222 e. The van der Waals surface area contributed by atoms with Gasteiger partial charge in [-0.3, -0.25) is 0 Å². The Morgan fingerprint density at radius 2 is 1.93 bits per heavy atom. The van der Waals surface area contributed by atoms with E-state index in [2.05, 4.69) is 20.2 Å². The average molecular weight is 209 g/mol. The van der Waals surface area contributed by atoms with Crippen molar-refractivity contribution in [1.82, 2.24) is 14.9 Å². The molecule has 0 radical (unpaired) electrons. The van der Waals surface area contributed by atoms with Crippen LogP contribution in [0.5, 0.6) is 0 Å². The van der Waals surface area contributed by atoms with Crippen molar-refractivity contribution in [3.63, 3.8) is 0 Å². The monoisotopic (exact) mass is 209 g/mol. The van der Waals surface area contributed by atoms with Crippen molar-refractivity contribution in [3.8, 4) is 0 Å². The molecule has 0 saturated heterocycles. The molecule has 0 fully saturated rings. The molecule has 0 unspecified atom stereocenters. The number of aryl methyl sites for hydroxylation is 1. The molecule has 1 aromatic rings. The third-order valence-electron chi connectivity index (χ3n) is 2.26. The van der Waals surface area contributed by atoms with Gasteiger partial charge in [-0.1, -0.05) is 0 Å². The van der Waals surface area contributed by atoms with Crippen LogP contribution in [-0.2, 0) is 0 Å². The highest BCUT2D eigenvalue weighted by Gasteiger charge is 2.05. The summed E-state index contributed by atoms with van der Waals surface area (Å²) in [5, 5.41) is 3.25. The molecule has 5 heteroatoms. The second-order valence-electron chi connectivity index (χ2n) is 3.87. The molecule has 84 valence electrons. The van der Waals surface area contributed by atoms with Crippen molar-refractivity contribution in [2.75, 3.05) is 38.2 Å². The Labute approximate surface area is 90.7 Å². The minimum absolute atomic E-state index is 0.324. The second kappa shape index (κ2) is 4.93. The van der Waals surface area contributed by atoms with E-state index < -0.39 is 0 Å². The van der Waals surface area contributed by atoms with E-state index in [9.17, 15) is 0 Å². The van der Waals surface area contributed by atoms with Crippen molar-refractivity contribution in [2.45, 2.75) is 13.8 Å². The third kappa shape index (κ3) is 3.36. The largest absolute Gasteiger partial charge is 0.368 e. The van der Waals surface area contributed by atoms with Gasteiger partial charge in [-0.25, -0.2) is 4.98 Å². The van der Waals surface area contributed by atoms with Crippen molar-refractivity contribution in [3.05, 3.63) is 11.3 Å². The van der Waals surface area contributed by atoms with Gasteiger partial charge in [0.05, 0.1) is 0 Å². The van der Waals surface area contributed by atoms with E-state index in [1.807, 2.05) is 27.9 Å². The Morgan fingerprint density at radius 1 is 1.27 bits per heavy atom. The molecule has 0 spiro atoms. The number of nitrogen functional groups attached to an aromatic ring is 1. The lowest BCUT2D eigenvalue weighted by Crippen LogP contribution is -2.21. The van der Waals surface area contributed by atoms with Crippen LogP contribution in [0.2, 0.25) is 0 Å².